The number of hydrogen-bond donors (Lipinski definition) is 1. The molecule has 1 atom stereocenters. The van der Waals surface area contributed by atoms with Crippen LogP contribution in [0.25, 0.3) is 0 Å². The van der Waals surface area contributed by atoms with Crippen LogP contribution in [0.1, 0.15) is 165 Å². The van der Waals surface area contributed by atoms with Crippen molar-refractivity contribution in [2.45, 2.75) is 181 Å². The molecule has 0 aliphatic heterocycles. The molecule has 49 heavy (non-hydrogen) atoms. The lowest BCUT2D eigenvalue weighted by Crippen LogP contribution is -2.43. The third kappa shape index (κ3) is 9.85. The van der Waals surface area contributed by atoms with E-state index in [2.05, 4.69) is 196 Å². The van der Waals surface area contributed by atoms with Crippen molar-refractivity contribution >= 4 is 16.1 Å². The molecule has 0 fully saturated rings. The molecule has 3 heteroatoms. The molecule has 1 N–H and O–H groups in total. The molecular formula is C46H70OSi2. The van der Waals surface area contributed by atoms with E-state index in [4.69, 9.17) is 0 Å². The Morgan fingerprint density at radius 3 is 1.04 bits per heavy atom. The fourth-order valence-electron chi connectivity index (χ4n) is 8.11. The molecule has 0 spiro atoms. The van der Waals surface area contributed by atoms with Crippen LogP contribution in [0.4, 0.5) is 0 Å². The van der Waals surface area contributed by atoms with Gasteiger partial charge in [-0.15, -0.1) is 11.1 Å². The van der Waals surface area contributed by atoms with Crippen LogP contribution < -0.4 is 0 Å². The number of aliphatic hydroxyl groups is 1. The second kappa shape index (κ2) is 15.8. The predicted octanol–water partition coefficient (Wildman–Crippen LogP) is 12.7. The highest BCUT2D eigenvalue weighted by atomic mass is 28.3. The second-order valence-electron chi connectivity index (χ2n) is 18.7. The van der Waals surface area contributed by atoms with Crippen LogP contribution >= 0.6 is 0 Å². The van der Waals surface area contributed by atoms with Crippen molar-refractivity contribution in [3.8, 4) is 34.8 Å². The maximum atomic E-state index is 12.0. The first-order chi connectivity index (χ1) is 22.2. The van der Waals surface area contributed by atoms with Crippen molar-refractivity contribution in [3.63, 3.8) is 0 Å². The van der Waals surface area contributed by atoms with Crippen molar-refractivity contribution in [3.05, 3.63) is 69.8 Å². The molecule has 0 amide bonds. The summed E-state index contributed by atoms with van der Waals surface area (Å²) in [6, 6.07) is 12.9. The van der Waals surface area contributed by atoms with Gasteiger partial charge in [0.25, 0.3) is 0 Å². The molecule has 1 nitrogen and oxygen atoms in total. The lowest BCUT2D eigenvalue weighted by Gasteiger charge is -2.38. The first kappa shape index (κ1) is 42.7. The fourth-order valence-corrected chi connectivity index (χ4v) is 18.6. The quantitative estimate of drug-likeness (QED) is 0.226. The number of hydrogen-bond acceptors (Lipinski definition) is 1. The zero-order valence-corrected chi connectivity index (χ0v) is 36.9. The average Bonchev–Trinajstić information content (AvgIpc) is 2.94. The van der Waals surface area contributed by atoms with Gasteiger partial charge in [-0.2, -0.15) is 0 Å². The molecule has 2 aromatic carbocycles. The van der Waals surface area contributed by atoms with E-state index < -0.39 is 21.7 Å². The zero-order valence-electron chi connectivity index (χ0n) is 34.9. The molecule has 0 bridgehead atoms. The van der Waals surface area contributed by atoms with E-state index in [1.165, 1.54) is 5.56 Å². The summed E-state index contributed by atoms with van der Waals surface area (Å²) in [4.78, 5) is 0. The highest BCUT2D eigenvalue weighted by Gasteiger charge is 2.42. The van der Waals surface area contributed by atoms with E-state index in [0.29, 0.717) is 33.2 Å². The van der Waals surface area contributed by atoms with Gasteiger partial charge in [-0.25, -0.2) is 0 Å². The smallest absolute Gasteiger partial charge is 0.148 e. The molecule has 0 heterocycles. The monoisotopic (exact) mass is 694 g/mol. The van der Waals surface area contributed by atoms with Crippen LogP contribution in [0.2, 0.25) is 33.2 Å². The molecule has 0 unspecified atom stereocenters. The topological polar surface area (TPSA) is 20.2 Å². The van der Waals surface area contributed by atoms with Gasteiger partial charge in [0, 0.05) is 16.7 Å². The molecule has 0 saturated heterocycles. The summed E-state index contributed by atoms with van der Waals surface area (Å²) in [5.41, 5.74) is 15.6. The Morgan fingerprint density at radius 2 is 0.714 bits per heavy atom. The molecule has 268 valence electrons. The van der Waals surface area contributed by atoms with Crippen LogP contribution in [0.3, 0.4) is 0 Å². The third-order valence-electron chi connectivity index (χ3n) is 11.2. The zero-order chi connectivity index (χ0) is 37.9. The minimum absolute atomic E-state index is 0.0611. The number of rotatable bonds is 7. The Balaban J connectivity index is 2.80. The SMILES string of the molecule is CC(C)[Si](C#Cc1cc(C#C[C@@](C)(O)c2cc(C#C[Si](C(C)C)(C(C)C)C(C)C)cc(C(C)(C)C)c2)cc(C(C)(C)C)c1)(C(C)C)C(C)C. The van der Waals surface area contributed by atoms with E-state index in [-0.39, 0.29) is 10.8 Å². The molecule has 2 rings (SSSR count). The third-order valence-corrected chi connectivity index (χ3v) is 23.8. The van der Waals surface area contributed by atoms with Crippen molar-refractivity contribution < 1.29 is 5.11 Å². The van der Waals surface area contributed by atoms with Gasteiger partial charge >= 0.3 is 0 Å². The van der Waals surface area contributed by atoms with Gasteiger partial charge < -0.3 is 5.11 Å². The highest BCUT2D eigenvalue weighted by Crippen LogP contribution is 2.42. The lowest BCUT2D eigenvalue weighted by molar-refractivity contribution is 0.122. The number of benzene rings is 2. The van der Waals surface area contributed by atoms with E-state index >= 15 is 0 Å². The Hall–Kier alpha value is -2.49. The first-order valence-corrected chi connectivity index (χ1v) is 23.3. The molecular weight excluding hydrogens is 625 g/mol. The molecule has 0 aliphatic carbocycles. The Bertz CT molecular complexity index is 1590. The Labute approximate surface area is 305 Å². The lowest BCUT2D eigenvalue weighted by atomic mass is 9.82. The van der Waals surface area contributed by atoms with E-state index in [1.54, 1.807) is 0 Å². The Kier molecular flexibility index (Phi) is 13.8. The van der Waals surface area contributed by atoms with Crippen LogP contribution in [0.15, 0.2) is 36.4 Å². The highest BCUT2D eigenvalue weighted by molar-refractivity contribution is 6.91. The molecule has 0 radical (unpaired) electrons. The summed E-state index contributed by atoms with van der Waals surface area (Å²) in [5.74, 6) is 14.0. The van der Waals surface area contributed by atoms with Crippen LogP contribution in [-0.2, 0) is 16.4 Å². The van der Waals surface area contributed by atoms with Crippen LogP contribution in [0, 0.1) is 34.8 Å². The van der Waals surface area contributed by atoms with Gasteiger partial charge in [0.1, 0.15) is 21.7 Å². The molecule has 0 aromatic heterocycles. The fraction of sp³-hybridized carbons (Fsp3) is 0.609. The van der Waals surface area contributed by atoms with Crippen molar-refractivity contribution in [2.75, 3.05) is 0 Å². The average molecular weight is 695 g/mol. The maximum Gasteiger partial charge on any atom is 0.148 e. The second-order valence-corrected chi connectivity index (χ2v) is 29.9. The van der Waals surface area contributed by atoms with Gasteiger partial charge in [-0.05, 0) is 98.0 Å². The van der Waals surface area contributed by atoms with Gasteiger partial charge in [0.2, 0.25) is 0 Å². The van der Waals surface area contributed by atoms with Gasteiger partial charge in [0.15, 0.2) is 0 Å². The molecule has 0 saturated carbocycles. The van der Waals surface area contributed by atoms with Gasteiger partial charge in [0.05, 0.1) is 0 Å². The van der Waals surface area contributed by atoms with E-state index in [9.17, 15) is 5.11 Å². The molecule has 0 aliphatic rings. The van der Waals surface area contributed by atoms with Gasteiger partial charge in [-0.1, -0.05) is 154 Å². The van der Waals surface area contributed by atoms with Crippen molar-refractivity contribution in [1.29, 1.82) is 0 Å². The summed E-state index contributed by atoms with van der Waals surface area (Å²) in [5, 5.41) is 12.0. The summed E-state index contributed by atoms with van der Waals surface area (Å²) in [7, 11) is -3.81. The van der Waals surface area contributed by atoms with Gasteiger partial charge in [-0.3, -0.25) is 0 Å². The van der Waals surface area contributed by atoms with Crippen molar-refractivity contribution in [2.24, 2.45) is 0 Å². The van der Waals surface area contributed by atoms with E-state index in [0.717, 1.165) is 27.8 Å². The summed E-state index contributed by atoms with van der Waals surface area (Å²) in [6.07, 6.45) is 0. The van der Waals surface area contributed by atoms with Crippen molar-refractivity contribution in [1.82, 2.24) is 0 Å². The van der Waals surface area contributed by atoms with Crippen LogP contribution in [0.5, 0.6) is 0 Å². The largest absolute Gasteiger partial charge is 0.374 e. The summed E-state index contributed by atoms with van der Waals surface area (Å²) < 4.78 is 0. The standard InChI is InChI=1S/C46H70OSi2/c1-32(2)48(33(3)4,34(5)6)24-21-39-26-38(27-41(28-39)44(13,14)15)20-23-46(19,47)43-30-40(29-42(31-43)45(16,17)18)22-25-49(35(7)8,36(9)10)37(11)12/h26-37,47H,1-19H3/t46-/m1/s1. The Morgan fingerprint density at radius 1 is 0.429 bits per heavy atom. The minimum Gasteiger partial charge on any atom is -0.374 e. The maximum absolute atomic E-state index is 12.0. The predicted molar refractivity (Wildman–Crippen MR) is 223 cm³/mol. The van der Waals surface area contributed by atoms with E-state index in [1.807, 2.05) is 6.92 Å². The molecule has 2 aromatic rings. The minimum atomic E-state index is -1.92. The normalized spacial score (nSPS) is 14.1. The first-order valence-electron chi connectivity index (χ1n) is 18.8. The van der Waals surface area contributed by atoms with Crippen LogP contribution in [-0.4, -0.2) is 21.3 Å². The summed E-state index contributed by atoms with van der Waals surface area (Å²) in [6.45, 7) is 43.4. The summed E-state index contributed by atoms with van der Waals surface area (Å²) >= 11 is 0.